The largest absolute Gasteiger partial charge is 0.369 e. The minimum atomic E-state index is 0.512. The number of piperidine rings is 1. The number of nitrogens with one attached hydrogen (secondary N) is 2. The molecular weight excluding hydrogens is 330 g/mol. The third-order valence-electron chi connectivity index (χ3n) is 4.93. The molecule has 5 rings (SSSR count). The molecule has 0 spiro atoms. The molecule has 0 bridgehead atoms. The van der Waals surface area contributed by atoms with Crippen molar-refractivity contribution in [2.24, 2.45) is 5.92 Å². The van der Waals surface area contributed by atoms with Gasteiger partial charge in [0.1, 0.15) is 24.1 Å². The lowest BCUT2D eigenvalue weighted by Gasteiger charge is -2.33. The van der Waals surface area contributed by atoms with Crippen LogP contribution in [0.1, 0.15) is 12.8 Å². The Hall–Kier alpha value is -3.23. The molecule has 1 atom stereocenters. The van der Waals surface area contributed by atoms with Crippen LogP contribution in [0.2, 0.25) is 0 Å². The summed E-state index contributed by atoms with van der Waals surface area (Å²) in [6, 6.07) is 2.00. The van der Waals surface area contributed by atoms with Crippen LogP contribution < -0.4 is 10.2 Å². The van der Waals surface area contributed by atoms with Crippen molar-refractivity contribution in [3.63, 3.8) is 0 Å². The van der Waals surface area contributed by atoms with Gasteiger partial charge in [-0.2, -0.15) is 0 Å². The Morgan fingerprint density at radius 1 is 1.27 bits per heavy atom. The van der Waals surface area contributed by atoms with Crippen LogP contribution in [0, 0.1) is 5.92 Å². The van der Waals surface area contributed by atoms with E-state index in [2.05, 4.69) is 40.3 Å². The van der Waals surface area contributed by atoms with Crippen LogP contribution in [-0.4, -0.2) is 54.2 Å². The van der Waals surface area contributed by atoms with E-state index in [1.54, 1.807) is 18.9 Å². The van der Waals surface area contributed by atoms with Crippen LogP contribution in [-0.2, 0) is 0 Å². The summed E-state index contributed by atoms with van der Waals surface area (Å²) >= 11 is 0. The second kappa shape index (κ2) is 6.25. The Kier molecular flexibility index (Phi) is 3.62. The Bertz CT molecular complexity index is 1040. The van der Waals surface area contributed by atoms with E-state index in [0.717, 1.165) is 54.4 Å². The zero-order chi connectivity index (χ0) is 17.3. The maximum absolute atomic E-state index is 4.55. The summed E-state index contributed by atoms with van der Waals surface area (Å²) in [5.41, 5.74) is 1.67. The van der Waals surface area contributed by atoms with Gasteiger partial charge in [-0.3, -0.25) is 4.40 Å². The first-order valence-electron chi connectivity index (χ1n) is 8.80. The molecule has 2 N–H and O–H groups in total. The summed E-state index contributed by atoms with van der Waals surface area (Å²) in [6.45, 7) is 2.79. The summed E-state index contributed by atoms with van der Waals surface area (Å²) in [5, 5.41) is 12.7. The van der Waals surface area contributed by atoms with E-state index in [4.69, 9.17) is 0 Å². The van der Waals surface area contributed by atoms with Crippen molar-refractivity contribution in [2.45, 2.75) is 12.8 Å². The van der Waals surface area contributed by atoms with Gasteiger partial charge in [0.15, 0.2) is 5.82 Å². The first-order valence-corrected chi connectivity index (χ1v) is 8.80. The number of H-pyrrole nitrogens is 1. The highest BCUT2D eigenvalue weighted by atomic mass is 15.3. The van der Waals surface area contributed by atoms with Gasteiger partial charge in [-0.25, -0.2) is 15.0 Å². The molecule has 9 heteroatoms. The van der Waals surface area contributed by atoms with E-state index in [1.165, 1.54) is 6.42 Å². The molecule has 4 aromatic heterocycles. The SMILES string of the molecule is c1cn2cnnc2c(N2CCCC(CNc3ncnc4[nH]ccc34)C2)n1. The van der Waals surface area contributed by atoms with E-state index in [-0.39, 0.29) is 0 Å². The number of aromatic amines is 1. The molecule has 1 saturated heterocycles. The zero-order valence-corrected chi connectivity index (χ0v) is 14.2. The van der Waals surface area contributed by atoms with Crippen molar-refractivity contribution in [1.29, 1.82) is 0 Å². The zero-order valence-electron chi connectivity index (χ0n) is 14.2. The third-order valence-corrected chi connectivity index (χ3v) is 4.93. The van der Waals surface area contributed by atoms with E-state index in [0.29, 0.717) is 5.92 Å². The van der Waals surface area contributed by atoms with Gasteiger partial charge in [0, 0.05) is 38.2 Å². The lowest BCUT2D eigenvalue weighted by Crippen LogP contribution is -2.39. The van der Waals surface area contributed by atoms with E-state index in [9.17, 15) is 0 Å². The van der Waals surface area contributed by atoms with Crippen LogP contribution in [0.25, 0.3) is 16.7 Å². The predicted molar refractivity (Wildman–Crippen MR) is 98.1 cm³/mol. The summed E-state index contributed by atoms with van der Waals surface area (Å²) in [6.07, 6.45) is 11.2. The summed E-state index contributed by atoms with van der Waals surface area (Å²) < 4.78 is 1.91. The van der Waals surface area contributed by atoms with Gasteiger partial charge in [-0.15, -0.1) is 10.2 Å². The van der Waals surface area contributed by atoms with Gasteiger partial charge in [0.2, 0.25) is 5.65 Å². The predicted octanol–water partition coefficient (Wildman–Crippen LogP) is 1.72. The Labute approximate surface area is 149 Å². The smallest absolute Gasteiger partial charge is 0.203 e. The Morgan fingerprint density at radius 3 is 3.27 bits per heavy atom. The lowest BCUT2D eigenvalue weighted by atomic mass is 9.98. The fraction of sp³-hybridized carbons (Fsp3) is 0.353. The standard InChI is InChI=1S/C17H19N9/c1-2-12(8-20-15-13-3-4-18-14(13)21-10-22-15)9-25(6-1)16-17-24-23-11-26(17)7-5-19-16/h3-5,7,10-12H,1-2,6,8-9H2,(H2,18,20,21,22). The molecular formula is C17H19N9. The van der Waals surface area contributed by atoms with Crippen LogP contribution in [0.15, 0.2) is 37.3 Å². The fourth-order valence-electron chi connectivity index (χ4n) is 3.65. The molecule has 0 amide bonds. The van der Waals surface area contributed by atoms with Crippen LogP contribution in [0.3, 0.4) is 0 Å². The van der Waals surface area contributed by atoms with Crippen molar-refractivity contribution in [2.75, 3.05) is 29.9 Å². The van der Waals surface area contributed by atoms with Gasteiger partial charge in [0.05, 0.1) is 5.39 Å². The number of rotatable bonds is 4. The maximum atomic E-state index is 4.55. The Balaban J connectivity index is 1.32. The number of aromatic nitrogens is 7. The second-order valence-corrected chi connectivity index (χ2v) is 6.61. The average molecular weight is 349 g/mol. The first-order chi connectivity index (χ1) is 12.9. The van der Waals surface area contributed by atoms with Crippen molar-refractivity contribution in [3.8, 4) is 0 Å². The Morgan fingerprint density at radius 2 is 2.27 bits per heavy atom. The molecule has 0 aliphatic carbocycles. The molecule has 1 aliphatic rings. The van der Waals surface area contributed by atoms with Gasteiger partial charge in [-0.1, -0.05) is 0 Å². The molecule has 26 heavy (non-hydrogen) atoms. The van der Waals surface area contributed by atoms with Gasteiger partial charge >= 0.3 is 0 Å². The quantitative estimate of drug-likeness (QED) is 0.578. The molecule has 9 nitrogen and oxygen atoms in total. The van der Waals surface area contributed by atoms with Crippen molar-refractivity contribution in [3.05, 3.63) is 37.3 Å². The normalized spacial score (nSPS) is 17.8. The topological polar surface area (TPSA) is 99.9 Å². The van der Waals surface area contributed by atoms with Crippen LogP contribution in [0.4, 0.5) is 11.6 Å². The van der Waals surface area contributed by atoms with E-state index in [1.807, 2.05) is 22.9 Å². The molecule has 0 aromatic carbocycles. The molecule has 0 saturated carbocycles. The molecule has 5 heterocycles. The van der Waals surface area contributed by atoms with Gasteiger partial charge < -0.3 is 15.2 Å². The van der Waals surface area contributed by atoms with Crippen molar-refractivity contribution >= 4 is 28.3 Å². The van der Waals surface area contributed by atoms with Gasteiger partial charge in [0.25, 0.3) is 0 Å². The number of anilines is 2. The molecule has 1 fully saturated rings. The van der Waals surface area contributed by atoms with Crippen LogP contribution >= 0.6 is 0 Å². The molecule has 1 aliphatic heterocycles. The van der Waals surface area contributed by atoms with Crippen LogP contribution in [0.5, 0.6) is 0 Å². The molecule has 1 unspecified atom stereocenters. The number of hydrogen-bond acceptors (Lipinski definition) is 7. The number of fused-ring (bicyclic) bond motifs is 2. The molecule has 0 radical (unpaired) electrons. The summed E-state index contributed by atoms with van der Waals surface area (Å²) in [4.78, 5) is 18.6. The highest BCUT2D eigenvalue weighted by Crippen LogP contribution is 2.25. The minimum absolute atomic E-state index is 0.512. The van der Waals surface area contributed by atoms with E-state index >= 15 is 0 Å². The highest BCUT2D eigenvalue weighted by molar-refractivity contribution is 5.86. The summed E-state index contributed by atoms with van der Waals surface area (Å²) in [5.74, 6) is 2.30. The maximum Gasteiger partial charge on any atom is 0.203 e. The number of hydrogen-bond donors (Lipinski definition) is 2. The second-order valence-electron chi connectivity index (χ2n) is 6.61. The first kappa shape index (κ1) is 15.1. The monoisotopic (exact) mass is 349 g/mol. The molecule has 4 aromatic rings. The van der Waals surface area contributed by atoms with Crippen molar-refractivity contribution in [1.82, 2.24) is 34.5 Å². The average Bonchev–Trinajstić information content (AvgIpc) is 3.35. The number of nitrogens with zero attached hydrogens (tertiary/aromatic N) is 7. The molecule has 132 valence electrons. The lowest BCUT2D eigenvalue weighted by molar-refractivity contribution is 0.430. The highest BCUT2D eigenvalue weighted by Gasteiger charge is 2.23. The summed E-state index contributed by atoms with van der Waals surface area (Å²) in [7, 11) is 0. The fourth-order valence-corrected chi connectivity index (χ4v) is 3.65. The van der Waals surface area contributed by atoms with Gasteiger partial charge in [-0.05, 0) is 24.8 Å². The van der Waals surface area contributed by atoms with E-state index < -0.39 is 0 Å². The minimum Gasteiger partial charge on any atom is -0.369 e. The van der Waals surface area contributed by atoms with Crippen molar-refractivity contribution < 1.29 is 0 Å². The third kappa shape index (κ3) is 2.61.